The number of aromatic nitrogens is 2. The lowest BCUT2D eigenvalue weighted by Crippen LogP contribution is -2.00. The standard InChI is InChI=1S/C10H8F2N2O2S/c1-7-5-13-14(6-7)10-3-2-8(4-9(10)11)17(12,15)16/h2-6H,1H3. The molecule has 0 radical (unpaired) electrons. The molecule has 4 nitrogen and oxygen atoms in total. The molecule has 0 unspecified atom stereocenters. The van der Waals surface area contributed by atoms with Gasteiger partial charge in [0.1, 0.15) is 16.4 Å². The molecule has 0 aliphatic carbocycles. The molecule has 0 bridgehead atoms. The van der Waals surface area contributed by atoms with Gasteiger partial charge in [0.15, 0.2) is 0 Å². The maximum atomic E-state index is 13.6. The Labute approximate surface area is 96.7 Å². The second-order valence-electron chi connectivity index (χ2n) is 3.51. The number of benzene rings is 1. The molecule has 0 aliphatic rings. The van der Waals surface area contributed by atoms with Crippen LogP contribution in [0.2, 0.25) is 0 Å². The van der Waals surface area contributed by atoms with Crippen LogP contribution in [0.1, 0.15) is 5.56 Å². The van der Waals surface area contributed by atoms with Crippen LogP contribution in [-0.4, -0.2) is 18.2 Å². The summed E-state index contributed by atoms with van der Waals surface area (Å²) >= 11 is 0. The summed E-state index contributed by atoms with van der Waals surface area (Å²) in [6, 6.07) is 2.78. The van der Waals surface area contributed by atoms with Crippen LogP contribution in [0.3, 0.4) is 0 Å². The van der Waals surface area contributed by atoms with Crippen LogP contribution in [0.4, 0.5) is 8.28 Å². The second-order valence-corrected chi connectivity index (χ2v) is 4.86. The van der Waals surface area contributed by atoms with Crippen molar-refractivity contribution in [1.82, 2.24) is 9.78 Å². The molecular formula is C10H8F2N2O2S. The normalized spacial score (nSPS) is 11.7. The number of nitrogens with zero attached hydrogens (tertiary/aromatic N) is 2. The molecule has 7 heteroatoms. The highest BCUT2D eigenvalue weighted by Crippen LogP contribution is 2.19. The van der Waals surface area contributed by atoms with Gasteiger partial charge < -0.3 is 0 Å². The molecule has 1 aromatic carbocycles. The number of aryl methyl sites for hydroxylation is 1. The molecule has 0 N–H and O–H groups in total. The lowest BCUT2D eigenvalue weighted by molar-refractivity contribution is 0.548. The Hall–Kier alpha value is -1.76. The van der Waals surface area contributed by atoms with Crippen LogP contribution in [0.5, 0.6) is 0 Å². The molecule has 90 valence electrons. The fraction of sp³-hybridized carbons (Fsp3) is 0.100. The van der Waals surface area contributed by atoms with Crippen molar-refractivity contribution in [1.29, 1.82) is 0 Å². The van der Waals surface area contributed by atoms with E-state index >= 15 is 0 Å². The Morgan fingerprint density at radius 1 is 1.35 bits per heavy atom. The fourth-order valence-electron chi connectivity index (χ4n) is 1.37. The summed E-state index contributed by atoms with van der Waals surface area (Å²) in [6.07, 6.45) is 3.10. The number of rotatable bonds is 2. The quantitative estimate of drug-likeness (QED) is 0.774. The van der Waals surface area contributed by atoms with Gasteiger partial charge in [0.05, 0.1) is 6.20 Å². The van der Waals surface area contributed by atoms with Crippen molar-refractivity contribution >= 4 is 10.2 Å². The third kappa shape index (κ3) is 2.33. The maximum absolute atomic E-state index is 13.6. The molecular weight excluding hydrogens is 250 g/mol. The molecule has 2 rings (SSSR count). The highest BCUT2D eigenvalue weighted by atomic mass is 32.3. The molecule has 0 spiro atoms. The van der Waals surface area contributed by atoms with Crippen LogP contribution in [0.25, 0.3) is 5.69 Å². The molecule has 0 amide bonds. The summed E-state index contributed by atoms with van der Waals surface area (Å²) in [5.41, 5.74) is 0.886. The summed E-state index contributed by atoms with van der Waals surface area (Å²) < 4.78 is 48.6. The van der Waals surface area contributed by atoms with Gasteiger partial charge >= 0.3 is 10.2 Å². The van der Waals surface area contributed by atoms with E-state index in [0.29, 0.717) is 6.07 Å². The van der Waals surface area contributed by atoms with E-state index in [1.54, 1.807) is 13.1 Å². The number of hydrogen-bond acceptors (Lipinski definition) is 3. The summed E-state index contributed by atoms with van der Waals surface area (Å²) in [5, 5.41) is 3.87. The minimum atomic E-state index is -4.89. The molecule has 0 atom stereocenters. The van der Waals surface area contributed by atoms with Gasteiger partial charge in [-0.2, -0.15) is 13.5 Å². The minimum absolute atomic E-state index is 0.0606. The van der Waals surface area contributed by atoms with Crippen molar-refractivity contribution < 1.29 is 16.7 Å². The molecule has 0 saturated carbocycles. The van der Waals surface area contributed by atoms with Gasteiger partial charge in [-0.3, -0.25) is 0 Å². The fourth-order valence-corrected chi connectivity index (χ4v) is 1.84. The molecule has 0 aliphatic heterocycles. The van der Waals surface area contributed by atoms with Crippen LogP contribution in [0, 0.1) is 12.7 Å². The highest BCUT2D eigenvalue weighted by molar-refractivity contribution is 7.86. The van der Waals surface area contributed by atoms with Crippen molar-refractivity contribution in [2.45, 2.75) is 11.8 Å². The summed E-state index contributed by atoms with van der Waals surface area (Å²) in [7, 11) is -4.89. The predicted molar refractivity (Wildman–Crippen MR) is 56.6 cm³/mol. The SMILES string of the molecule is Cc1cnn(-c2ccc(S(=O)(=O)F)cc2F)c1. The van der Waals surface area contributed by atoms with Gasteiger partial charge in [-0.15, -0.1) is 3.89 Å². The van der Waals surface area contributed by atoms with Gasteiger partial charge in [0.25, 0.3) is 0 Å². The van der Waals surface area contributed by atoms with E-state index < -0.39 is 20.9 Å². The summed E-state index contributed by atoms with van der Waals surface area (Å²) in [5.74, 6) is -0.855. The van der Waals surface area contributed by atoms with E-state index in [0.717, 1.165) is 17.7 Å². The number of halogens is 2. The Morgan fingerprint density at radius 3 is 2.53 bits per heavy atom. The van der Waals surface area contributed by atoms with Gasteiger partial charge in [-0.25, -0.2) is 9.07 Å². The maximum Gasteiger partial charge on any atom is 0.332 e. The highest BCUT2D eigenvalue weighted by Gasteiger charge is 2.15. The topological polar surface area (TPSA) is 52.0 Å². The van der Waals surface area contributed by atoms with Crippen molar-refractivity contribution in [3.63, 3.8) is 0 Å². The average Bonchev–Trinajstić information content (AvgIpc) is 2.63. The first-order valence-electron chi connectivity index (χ1n) is 4.64. The monoisotopic (exact) mass is 258 g/mol. The third-order valence-electron chi connectivity index (χ3n) is 2.16. The van der Waals surface area contributed by atoms with E-state index in [4.69, 9.17) is 0 Å². The summed E-state index contributed by atoms with van der Waals surface area (Å²) in [4.78, 5) is -0.706. The molecule has 0 saturated heterocycles. The Kier molecular flexibility index (Phi) is 2.70. The zero-order valence-electron chi connectivity index (χ0n) is 8.76. The lowest BCUT2D eigenvalue weighted by Gasteiger charge is -2.03. The van der Waals surface area contributed by atoms with Crippen molar-refractivity contribution in [3.05, 3.63) is 42.0 Å². The Bertz CT molecular complexity index is 665. The van der Waals surface area contributed by atoms with Gasteiger partial charge in [0, 0.05) is 6.20 Å². The van der Waals surface area contributed by atoms with Crippen molar-refractivity contribution in [2.75, 3.05) is 0 Å². The first-order chi connectivity index (χ1) is 7.88. The van der Waals surface area contributed by atoms with Gasteiger partial charge in [-0.05, 0) is 30.7 Å². The van der Waals surface area contributed by atoms with Crippen LogP contribution in [0.15, 0.2) is 35.5 Å². The van der Waals surface area contributed by atoms with Gasteiger partial charge in [0.2, 0.25) is 0 Å². The zero-order chi connectivity index (χ0) is 12.6. The van der Waals surface area contributed by atoms with Crippen LogP contribution >= 0.6 is 0 Å². The number of hydrogen-bond donors (Lipinski definition) is 0. The van der Waals surface area contributed by atoms with Crippen molar-refractivity contribution in [3.8, 4) is 5.69 Å². The second kappa shape index (κ2) is 3.92. The van der Waals surface area contributed by atoms with E-state index in [1.807, 2.05) is 0 Å². The van der Waals surface area contributed by atoms with E-state index in [-0.39, 0.29) is 5.69 Å². The van der Waals surface area contributed by atoms with Crippen LogP contribution in [-0.2, 0) is 10.2 Å². The largest absolute Gasteiger partial charge is 0.332 e. The predicted octanol–water partition coefficient (Wildman–Crippen LogP) is 1.98. The average molecular weight is 258 g/mol. The molecule has 2 aromatic rings. The molecule has 17 heavy (non-hydrogen) atoms. The van der Waals surface area contributed by atoms with E-state index in [9.17, 15) is 16.7 Å². The van der Waals surface area contributed by atoms with Gasteiger partial charge in [-0.1, -0.05) is 0 Å². The molecule has 1 heterocycles. The first kappa shape index (κ1) is 11.7. The first-order valence-corrected chi connectivity index (χ1v) is 6.02. The zero-order valence-corrected chi connectivity index (χ0v) is 9.58. The van der Waals surface area contributed by atoms with Crippen LogP contribution < -0.4 is 0 Å². The van der Waals surface area contributed by atoms with Crippen molar-refractivity contribution in [2.24, 2.45) is 0 Å². The smallest absolute Gasteiger partial charge is 0.238 e. The van der Waals surface area contributed by atoms with E-state index in [1.165, 1.54) is 10.9 Å². The lowest BCUT2D eigenvalue weighted by atomic mass is 10.3. The molecule has 0 fully saturated rings. The Balaban J connectivity index is 2.53. The summed E-state index contributed by atoms with van der Waals surface area (Å²) in [6.45, 7) is 1.78. The third-order valence-corrected chi connectivity index (χ3v) is 2.98. The minimum Gasteiger partial charge on any atom is -0.238 e. The van der Waals surface area contributed by atoms with E-state index in [2.05, 4.69) is 5.10 Å². The Morgan fingerprint density at radius 2 is 2.06 bits per heavy atom. The molecule has 1 aromatic heterocycles.